The summed E-state index contributed by atoms with van der Waals surface area (Å²) < 4.78 is 0. The second-order valence-electron chi connectivity index (χ2n) is 6.00. The van der Waals surface area contributed by atoms with Gasteiger partial charge in [0.15, 0.2) is 0 Å². The number of hydrogen-bond acceptors (Lipinski definition) is 0. The third-order valence-electron chi connectivity index (χ3n) is 3.88. The van der Waals surface area contributed by atoms with Crippen molar-refractivity contribution in [2.75, 3.05) is 0 Å². The van der Waals surface area contributed by atoms with Gasteiger partial charge in [-0.1, -0.05) is 48.5 Å². The molecule has 1 atom stereocenters. The highest BCUT2D eigenvalue weighted by molar-refractivity contribution is 4.89. The normalized spacial score (nSPS) is 32.8. The van der Waals surface area contributed by atoms with Gasteiger partial charge in [-0.05, 0) is 36.0 Å². The lowest BCUT2D eigenvalue weighted by molar-refractivity contribution is 0.0573. The van der Waals surface area contributed by atoms with E-state index in [0.717, 1.165) is 5.92 Å². The van der Waals surface area contributed by atoms with Crippen molar-refractivity contribution in [3.8, 4) is 0 Å². The van der Waals surface area contributed by atoms with Crippen LogP contribution in [0, 0.1) is 16.7 Å². The van der Waals surface area contributed by atoms with E-state index in [4.69, 9.17) is 0 Å². The molecule has 0 nitrogen and oxygen atoms in total. The molecule has 1 saturated carbocycles. The number of rotatable bonds is 1. The molecule has 0 amide bonds. The average molecular weight is 184 g/mol. The summed E-state index contributed by atoms with van der Waals surface area (Å²) in [6.07, 6.45) is 5.71. The van der Waals surface area contributed by atoms with Gasteiger partial charge < -0.3 is 0 Å². The molecule has 0 spiro atoms. The van der Waals surface area contributed by atoms with Crippen LogP contribution in [0.1, 0.15) is 67.7 Å². The van der Waals surface area contributed by atoms with Gasteiger partial charge in [0.25, 0.3) is 0 Å². The zero-order chi connectivity index (χ0) is 9.41. The Hall–Kier alpha value is 0. The van der Waals surface area contributed by atoms with E-state index in [-0.39, 0.29) is 7.43 Å². The monoisotopic (exact) mass is 184 g/mol. The Morgan fingerprint density at radius 3 is 1.85 bits per heavy atom. The Kier molecular flexibility index (Phi) is 4.02. The van der Waals surface area contributed by atoms with Crippen LogP contribution in [0.2, 0.25) is 0 Å². The van der Waals surface area contributed by atoms with Crippen LogP contribution in [0.5, 0.6) is 0 Å². The molecular weight excluding hydrogens is 156 g/mol. The predicted molar refractivity (Wildman–Crippen MR) is 61.9 cm³/mol. The summed E-state index contributed by atoms with van der Waals surface area (Å²) in [6, 6.07) is 0. The smallest absolute Gasteiger partial charge is 0.0298 e. The third-order valence-corrected chi connectivity index (χ3v) is 3.88. The zero-order valence-electron chi connectivity index (χ0n) is 9.41. The number of hydrogen-bond donors (Lipinski definition) is 0. The molecule has 0 aromatic heterocycles. The largest absolute Gasteiger partial charge is 0.0776 e. The van der Waals surface area contributed by atoms with Gasteiger partial charge in [-0.15, -0.1) is 0 Å². The third kappa shape index (κ3) is 3.00. The maximum Gasteiger partial charge on any atom is -0.0298 e. The highest BCUT2D eigenvalue weighted by Crippen LogP contribution is 2.49. The summed E-state index contributed by atoms with van der Waals surface area (Å²) in [5, 5.41) is 0. The van der Waals surface area contributed by atoms with Gasteiger partial charge in [-0.2, -0.15) is 0 Å². The Labute approximate surface area is 85.1 Å². The maximum absolute atomic E-state index is 2.47. The van der Waals surface area contributed by atoms with Gasteiger partial charge in [0, 0.05) is 0 Å². The van der Waals surface area contributed by atoms with E-state index in [1.165, 1.54) is 25.7 Å². The fourth-order valence-corrected chi connectivity index (χ4v) is 2.73. The summed E-state index contributed by atoms with van der Waals surface area (Å²) in [4.78, 5) is 0. The summed E-state index contributed by atoms with van der Waals surface area (Å²) in [7, 11) is 0. The van der Waals surface area contributed by atoms with E-state index in [0.29, 0.717) is 10.8 Å². The van der Waals surface area contributed by atoms with Crippen molar-refractivity contribution in [1.29, 1.82) is 0 Å². The van der Waals surface area contributed by atoms with E-state index in [1.54, 1.807) is 0 Å². The van der Waals surface area contributed by atoms with Crippen molar-refractivity contribution in [2.45, 2.75) is 67.7 Å². The molecule has 0 heterocycles. The topological polar surface area (TPSA) is 0 Å². The molecule has 0 radical (unpaired) electrons. The molecule has 1 fully saturated rings. The first-order valence-electron chi connectivity index (χ1n) is 5.36. The van der Waals surface area contributed by atoms with E-state index >= 15 is 0 Å². The van der Waals surface area contributed by atoms with Crippen LogP contribution in [-0.2, 0) is 0 Å². The molecule has 0 bridgehead atoms. The van der Waals surface area contributed by atoms with Gasteiger partial charge in [0.05, 0.1) is 0 Å². The summed E-state index contributed by atoms with van der Waals surface area (Å²) in [5.74, 6) is 0.845. The lowest BCUT2D eigenvalue weighted by Gasteiger charge is -2.45. The van der Waals surface area contributed by atoms with Crippen LogP contribution in [-0.4, -0.2) is 0 Å². The van der Waals surface area contributed by atoms with Crippen LogP contribution in [0.25, 0.3) is 0 Å². The lowest BCUT2D eigenvalue weighted by Crippen LogP contribution is -2.34. The quantitative estimate of drug-likeness (QED) is 0.544. The fourth-order valence-electron chi connectivity index (χ4n) is 2.73. The van der Waals surface area contributed by atoms with Gasteiger partial charge in [0.1, 0.15) is 0 Å². The second-order valence-corrected chi connectivity index (χ2v) is 6.00. The Bertz CT molecular complexity index is 155. The fraction of sp³-hybridized carbons (Fsp3) is 1.00. The van der Waals surface area contributed by atoms with Crippen LogP contribution in [0.3, 0.4) is 0 Å². The predicted octanol–water partition coefficient (Wildman–Crippen LogP) is 4.89. The summed E-state index contributed by atoms with van der Waals surface area (Å²) in [6.45, 7) is 12.1. The van der Waals surface area contributed by atoms with Crippen LogP contribution >= 0.6 is 0 Å². The molecule has 0 N–H and O–H groups in total. The Morgan fingerprint density at radius 1 is 1.00 bits per heavy atom. The van der Waals surface area contributed by atoms with E-state index < -0.39 is 0 Å². The average Bonchev–Trinajstić information content (AvgIpc) is 1.83. The van der Waals surface area contributed by atoms with Crippen molar-refractivity contribution in [3.05, 3.63) is 0 Å². The van der Waals surface area contributed by atoms with Crippen LogP contribution in [0.4, 0.5) is 0 Å². The molecule has 1 aliphatic carbocycles. The van der Waals surface area contributed by atoms with Crippen molar-refractivity contribution in [1.82, 2.24) is 0 Å². The van der Waals surface area contributed by atoms with E-state index in [9.17, 15) is 0 Å². The van der Waals surface area contributed by atoms with Gasteiger partial charge in [0.2, 0.25) is 0 Å². The first-order valence-corrected chi connectivity index (χ1v) is 5.36. The Morgan fingerprint density at radius 2 is 1.54 bits per heavy atom. The van der Waals surface area contributed by atoms with Crippen molar-refractivity contribution >= 4 is 0 Å². The summed E-state index contributed by atoms with van der Waals surface area (Å²) in [5.41, 5.74) is 1.21. The SMILES string of the molecule is C.CC(C)C1(C)CCCC(C)(C)C1. The molecule has 0 saturated heterocycles. The van der Waals surface area contributed by atoms with Gasteiger partial charge in [-0.3, -0.25) is 0 Å². The molecule has 80 valence electrons. The molecule has 0 aromatic rings. The maximum atomic E-state index is 2.47. The molecular formula is C13H28. The van der Waals surface area contributed by atoms with Crippen LogP contribution in [0.15, 0.2) is 0 Å². The minimum Gasteiger partial charge on any atom is -0.0776 e. The van der Waals surface area contributed by atoms with Gasteiger partial charge >= 0.3 is 0 Å². The molecule has 1 unspecified atom stereocenters. The van der Waals surface area contributed by atoms with Crippen molar-refractivity contribution in [3.63, 3.8) is 0 Å². The van der Waals surface area contributed by atoms with E-state index in [1.807, 2.05) is 0 Å². The summed E-state index contributed by atoms with van der Waals surface area (Å²) >= 11 is 0. The first kappa shape index (κ1) is 13.0. The lowest BCUT2D eigenvalue weighted by atomic mass is 9.60. The van der Waals surface area contributed by atoms with Crippen molar-refractivity contribution in [2.24, 2.45) is 16.7 Å². The first-order chi connectivity index (χ1) is 5.36. The van der Waals surface area contributed by atoms with Gasteiger partial charge in [-0.25, -0.2) is 0 Å². The van der Waals surface area contributed by atoms with Crippen molar-refractivity contribution < 1.29 is 0 Å². The minimum atomic E-state index is 0. The molecule has 0 heteroatoms. The molecule has 13 heavy (non-hydrogen) atoms. The highest BCUT2D eigenvalue weighted by Gasteiger charge is 2.38. The molecule has 1 aliphatic rings. The Balaban J connectivity index is 0.00000144. The van der Waals surface area contributed by atoms with E-state index in [2.05, 4.69) is 34.6 Å². The zero-order valence-corrected chi connectivity index (χ0v) is 9.41. The second kappa shape index (κ2) is 4.02. The molecule has 0 aliphatic heterocycles. The highest BCUT2D eigenvalue weighted by atomic mass is 14.4. The van der Waals surface area contributed by atoms with Crippen LogP contribution < -0.4 is 0 Å². The molecule has 0 aromatic carbocycles. The molecule has 1 rings (SSSR count). The minimum absolute atomic E-state index is 0. The standard InChI is InChI=1S/C12H24.CH4/c1-10(2)12(5)8-6-7-11(3,4)9-12;/h10H,6-9H2,1-5H3;1H4.